The van der Waals surface area contributed by atoms with Crippen LogP contribution in [0.4, 0.5) is 5.82 Å². The molecule has 1 amide bonds. The van der Waals surface area contributed by atoms with Crippen LogP contribution in [-0.2, 0) is 6.54 Å². The van der Waals surface area contributed by atoms with Gasteiger partial charge >= 0.3 is 0 Å². The minimum atomic E-state index is -0.143. The van der Waals surface area contributed by atoms with Gasteiger partial charge in [-0.2, -0.15) is 0 Å². The number of amides is 1. The molecule has 3 rings (SSSR count). The number of pyridine rings is 1. The molecule has 1 fully saturated rings. The fourth-order valence-corrected chi connectivity index (χ4v) is 3.52. The number of carbonyl (C=O) groups is 1. The van der Waals surface area contributed by atoms with E-state index >= 15 is 0 Å². The lowest BCUT2D eigenvalue weighted by molar-refractivity contribution is 0.0896. The van der Waals surface area contributed by atoms with Crippen molar-refractivity contribution in [2.75, 3.05) is 18.8 Å². The molecule has 1 atom stereocenters. The van der Waals surface area contributed by atoms with E-state index in [0.29, 0.717) is 11.5 Å². The number of thiophene rings is 1. The first-order valence-corrected chi connectivity index (χ1v) is 8.37. The highest BCUT2D eigenvalue weighted by atomic mass is 32.1. The van der Waals surface area contributed by atoms with Crippen LogP contribution in [0.5, 0.6) is 0 Å². The molecule has 6 heteroatoms. The van der Waals surface area contributed by atoms with Crippen molar-refractivity contribution >= 4 is 23.1 Å². The molecule has 3 N–H and O–H groups in total. The van der Waals surface area contributed by atoms with Crippen LogP contribution in [0, 0.1) is 0 Å². The van der Waals surface area contributed by atoms with Crippen LogP contribution in [-0.4, -0.2) is 34.9 Å². The zero-order valence-corrected chi connectivity index (χ0v) is 13.2. The van der Waals surface area contributed by atoms with Crippen molar-refractivity contribution < 1.29 is 4.79 Å². The fourth-order valence-electron chi connectivity index (χ4n) is 2.78. The summed E-state index contributed by atoms with van der Waals surface area (Å²) in [7, 11) is 0. The van der Waals surface area contributed by atoms with Crippen LogP contribution >= 0.6 is 11.3 Å². The zero-order valence-electron chi connectivity index (χ0n) is 12.4. The monoisotopic (exact) mass is 316 g/mol. The Labute approximate surface area is 134 Å². The van der Waals surface area contributed by atoms with E-state index in [1.54, 1.807) is 29.5 Å². The van der Waals surface area contributed by atoms with Crippen LogP contribution in [0.3, 0.4) is 0 Å². The molecule has 5 nitrogen and oxygen atoms in total. The van der Waals surface area contributed by atoms with Gasteiger partial charge in [0.1, 0.15) is 11.5 Å². The molecule has 0 spiro atoms. The number of hydrogen-bond donors (Lipinski definition) is 2. The molecule has 0 aromatic carbocycles. The summed E-state index contributed by atoms with van der Waals surface area (Å²) < 4.78 is 0. The molecule has 3 heterocycles. The zero-order chi connectivity index (χ0) is 15.4. The first kappa shape index (κ1) is 15.0. The Bertz CT molecular complexity index is 629. The number of aromatic nitrogens is 1. The number of likely N-dealkylation sites (tertiary alicyclic amines) is 1. The van der Waals surface area contributed by atoms with Crippen molar-refractivity contribution in [3.05, 3.63) is 46.3 Å². The van der Waals surface area contributed by atoms with E-state index in [1.165, 1.54) is 4.88 Å². The van der Waals surface area contributed by atoms with Gasteiger partial charge < -0.3 is 11.1 Å². The molecule has 2 aromatic rings. The number of piperidine rings is 1. The quantitative estimate of drug-likeness (QED) is 0.906. The van der Waals surface area contributed by atoms with Crippen molar-refractivity contribution in [3.63, 3.8) is 0 Å². The number of nitrogen functional groups attached to an aromatic ring is 1. The molecule has 0 saturated carbocycles. The van der Waals surface area contributed by atoms with E-state index in [1.807, 2.05) is 0 Å². The molecule has 0 aliphatic carbocycles. The number of nitrogens with two attached hydrogens (primary N) is 1. The minimum absolute atomic E-state index is 0.143. The Kier molecular flexibility index (Phi) is 4.70. The van der Waals surface area contributed by atoms with Gasteiger partial charge in [-0.25, -0.2) is 4.98 Å². The molecular formula is C16H20N4OS. The Morgan fingerprint density at radius 3 is 3.09 bits per heavy atom. The standard InChI is InChI=1S/C16H20N4OS/c17-15-7-1-6-14(19-15)16(21)18-12-4-2-8-20(10-12)11-13-5-3-9-22-13/h1,3,5-7,9,12H,2,4,8,10-11H2,(H2,17,19)(H,18,21)/t12-/m0/s1. The van der Waals surface area contributed by atoms with Crippen molar-refractivity contribution in [1.82, 2.24) is 15.2 Å². The number of anilines is 1. The molecule has 22 heavy (non-hydrogen) atoms. The summed E-state index contributed by atoms with van der Waals surface area (Å²) >= 11 is 1.78. The normalized spacial score (nSPS) is 19.0. The second-order valence-corrected chi connectivity index (χ2v) is 6.61. The van der Waals surface area contributed by atoms with Gasteiger partial charge in [0.15, 0.2) is 0 Å². The average Bonchev–Trinajstić information content (AvgIpc) is 3.00. The van der Waals surface area contributed by atoms with Gasteiger partial charge in [0.2, 0.25) is 0 Å². The van der Waals surface area contributed by atoms with Crippen molar-refractivity contribution in [2.24, 2.45) is 0 Å². The van der Waals surface area contributed by atoms with Crippen LogP contribution in [0.25, 0.3) is 0 Å². The highest BCUT2D eigenvalue weighted by Gasteiger charge is 2.22. The lowest BCUT2D eigenvalue weighted by Crippen LogP contribution is -2.47. The second kappa shape index (κ2) is 6.89. The number of nitrogens with zero attached hydrogens (tertiary/aromatic N) is 2. The number of hydrogen-bond acceptors (Lipinski definition) is 5. The van der Waals surface area contributed by atoms with Gasteiger partial charge in [0.25, 0.3) is 5.91 Å². The van der Waals surface area contributed by atoms with Crippen LogP contribution in [0.1, 0.15) is 28.2 Å². The molecule has 1 aliphatic rings. The van der Waals surface area contributed by atoms with E-state index in [4.69, 9.17) is 5.73 Å². The third kappa shape index (κ3) is 3.84. The number of nitrogens with one attached hydrogen (secondary N) is 1. The summed E-state index contributed by atoms with van der Waals surface area (Å²) in [6.07, 6.45) is 2.11. The van der Waals surface area contributed by atoms with E-state index < -0.39 is 0 Å². The molecule has 0 unspecified atom stereocenters. The predicted octanol–water partition coefficient (Wildman–Crippen LogP) is 2.12. The minimum Gasteiger partial charge on any atom is -0.384 e. The van der Waals surface area contributed by atoms with Crippen LogP contribution in [0.2, 0.25) is 0 Å². The Balaban J connectivity index is 1.57. The SMILES string of the molecule is Nc1cccc(C(=O)N[C@H]2CCCN(Cc3cccs3)C2)n1. The molecule has 116 valence electrons. The smallest absolute Gasteiger partial charge is 0.270 e. The summed E-state index contributed by atoms with van der Waals surface area (Å²) in [6.45, 7) is 2.92. The van der Waals surface area contributed by atoms with Gasteiger partial charge in [0.05, 0.1) is 0 Å². The van der Waals surface area contributed by atoms with Gasteiger partial charge in [-0.1, -0.05) is 12.1 Å². The van der Waals surface area contributed by atoms with E-state index in [0.717, 1.165) is 32.5 Å². The van der Waals surface area contributed by atoms with E-state index in [9.17, 15) is 4.79 Å². The predicted molar refractivity (Wildman–Crippen MR) is 88.7 cm³/mol. The molecule has 0 bridgehead atoms. The Hall–Kier alpha value is -1.92. The fraction of sp³-hybridized carbons (Fsp3) is 0.375. The summed E-state index contributed by atoms with van der Waals surface area (Å²) in [5, 5.41) is 5.18. The van der Waals surface area contributed by atoms with Crippen LogP contribution < -0.4 is 11.1 Å². The second-order valence-electron chi connectivity index (χ2n) is 5.57. The molecule has 0 radical (unpaired) electrons. The molecule has 1 saturated heterocycles. The largest absolute Gasteiger partial charge is 0.384 e. The number of carbonyl (C=O) groups excluding carboxylic acids is 1. The maximum absolute atomic E-state index is 12.2. The van der Waals surface area contributed by atoms with Gasteiger partial charge in [0, 0.05) is 24.0 Å². The molecule has 2 aromatic heterocycles. The first-order valence-electron chi connectivity index (χ1n) is 7.49. The van der Waals surface area contributed by atoms with E-state index in [2.05, 4.69) is 32.7 Å². The lowest BCUT2D eigenvalue weighted by Gasteiger charge is -2.32. The van der Waals surface area contributed by atoms with Gasteiger partial charge in [-0.15, -0.1) is 11.3 Å². The third-order valence-corrected chi connectivity index (χ3v) is 4.66. The molecular weight excluding hydrogens is 296 g/mol. The summed E-state index contributed by atoms with van der Waals surface area (Å²) in [5.74, 6) is 0.228. The van der Waals surface area contributed by atoms with Gasteiger partial charge in [-0.05, 0) is 43.0 Å². The van der Waals surface area contributed by atoms with Crippen molar-refractivity contribution in [1.29, 1.82) is 0 Å². The van der Waals surface area contributed by atoms with Crippen LogP contribution in [0.15, 0.2) is 35.7 Å². The maximum atomic E-state index is 12.2. The third-order valence-electron chi connectivity index (χ3n) is 3.80. The Morgan fingerprint density at radius 2 is 2.32 bits per heavy atom. The van der Waals surface area contributed by atoms with Crippen molar-refractivity contribution in [3.8, 4) is 0 Å². The highest BCUT2D eigenvalue weighted by molar-refractivity contribution is 7.09. The number of rotatable bonds is 4. The average molecular weight is 316 g/mol. The maximum Gasteiger partial charge on any atom is 0.270 e. The highest BCUT2D eigenvalue weighted by Crippen LogP contribution is 2.17. The summed E-state index contributed by atoms with van der Waals surface area (Å²) in [6, 6.07) is 9.53. The Morgan fingerprint density at radius 1 is 1.41 bits per heavy atom. The van der Waals surface area contributed by atoms with Crippen molar-refractivity contribution in [2.45, 2.75) is 25.4 Å². The summed E-state index contributed by atoms with van der Waals surface area (Å²) in [4.78, 5) is 20.1. The molecule has 1 aliphatic heterocycles. The summed E-state index contributed by atoms with van der Waals surface area (Å²) in [5.41, 5.74) is 6.01. The van der Waals surface area contributed by atoms with E-state index in [-0.39, 0.29) is 11.9 Å². The first-order chi connectivity index (χ1) is 10.7. The lowest BCUT2D eigenvalue weighted by atomic mass is 10.1. The van der Waals surface area contributed by atoms with Gasteiger partial charge in [-0.3, -0.25) is 9.69 Å². The topological polar surface area (TPSA) is 71.2 Å².